The van der Waals surface area contributed by atoms with Crippen LogP contribution in [0.25, 0.3) is 5.69 Å². The Balaban J connectivity index is 2.19. The summed E-state index contributed by atoms with van der Waals surface area (Å²) in [7, 11) is 0. The highest BCUT2D eigenvalue weighted by Crippen LogP contribution is 2.39. The predicted octanol–water partition coefficient (Wildman–Crippen LogP) is 4.64. The van der Waals surface area contributed by atoms with Gasteiger partial charge in [-0.15, -0.1) is 0 Å². The number of halogens is 6. The SMILES string of the molecule is N#CCC(=O)Nc1cc(C(F)(F)F)ccc1-n1nc(C(F)(F)F)c2c1CCCC2. The van der Waals surface area contributed by atoms with Gasteiger partial charge in [0.1, 0.15) is 6.42 Å². The molecule has 1 aromatic carbocycles. The Bertz CT molecular complexity index is 984. The van der Waals surface area contributed by atoms with Gasteiger partial charge in [-0.3, -0.25) is 4.79 Å². The fourth-order valence-corrected chi connectivity index (χ4v) is 3.29. The van der Waals surface area contributed by atoms with E-state index in [4.69, 9.17) is 5.26 Å². The van der Waals surface area contributed by atoms with Crippen LogP contribution in [0.1, 0.15) is 41.8 Å². The molecule has 0 aliphatic heterocycles. The summed E-state index contributed by atoms with van der Waals surface area (Å²) < 4.78 is 80.4. The summed E-state index contributed by atoms with van der Waals surface area (Å²) in [5, 5.41) is 14.4. The molecule has 0 radical (unpaired) electrons. The Morgan fingerprint density at radius 2 is 1.83 bits per heavy atom. The highest BCUT2D eigenvalue weighted by molar-refractivity contribution is 5.94. The van der Waals surface area contributed by atoms with Gasteiger partial charge in [-0.05, 0) is 43.9 Å². The zero-order valence-corrected chi connectivity index (χ0v) is 14.8. The highest BCUT2D eigenvalue weighted by atomic mass is 19.4. The minimum atomic E-state index is -4.73. The van der Waals surface area contributed by atoms with Crippen LogP contribution in [-0.4, -0.2) is 15.7 Å². The van der Waals surface area contributed by atoms with Gasteiger partial charge in [0, 0.05) is 11.3 Å². The number of alkyl halides is 6. The second-order valence-corrected chi connectivity index (χ2v) is 6.50. The van der Waals surface area contributed by atoms with E-state index in [2.05, 4.69) is 10.4 Å². The molecule has 154 valence electrons. The van der Waals surface area contributed by atoms with Crippen LogP contribution in [0.5, 0.6) is 0 Å². The van der Waals surface area contributed by atoms with Crippen molar-refractivity contribution in [1.82, 2.24) is 9.78 Å². The summed E-state index contributed by atoms with van der Waals surface area (Å²) in [4.78, 5) is 11.8. The third-order valence-corrected chi connectivity index (χ3v) is 4.51. The number of hydrogen-bond donors (Lipinski definition) is 1. The number of carbonyl (C=O) groups excluding carboxylic acids is 1. The van der Waals surface area contributed by atoms with Crippen molar-refractivity contribution in [2.24, 2.45) is 0 Å². The van der Waals surface area contributed by atoms with E-state index in [-0.39, 0.29) is 35.5 Å². The third-order valence-electron chi connectivity index (χ3n) is 4.51. The van der Waals surface area contributed by atoms with E-state index in [9.17, 15) is 31.1 Å². The zero-order valence-electron chi connectivity index (χ0n) is 14.8. The minimum absolute atomic E-state index is 0.0120. The van der Waals surface area contributed by atoms with Gasteiger partial charge >= 0.3 is 12.4 Å². The molecule has 1 aliphatic carbocycles. The normalized spacial score (nSPS) is 14.2. The van der Waals surface area contributed by atoms with Crippen molar-refractivity contribution in [1.29, 1.82) is 5.26 Å². The van der Waals surface area contributed by atoms with Crippen LogP contribution < -0.4 is 5.32 Å². The van der Waals surface area contributed by atoms with Gasteiger partial charge in [0.2, 0.25) is 5.91 Å². The average Bonchev–Trinajstić information content (AvgIpc) is 3.01. The first-order valence-electron chi connectivity index (χ1n) is 8.58. The lowest BCUT2D eigenvalue weighted by molar-refractivity contribution is -0.142. The molecule has 3 rings (SSSR count). The third kappa shape index (κ3) is 4.21. The fourth-order valence-electron chi connectivity index (χ4n) is 3.29. The molecule has 0 saturated heterocycles. The second-order valence-electron chi connectivity index (χ2n) is 6.50. The zero-order chi connectivity index (χ0) is 21.4. The van der Waals surface area contributed by atoms with Gasteiger partial charge in [0.15, 0.2) is 5.69 Å². The van der Waals surface area contributed by atoms with Crippen molar-refractivity contribution in [3.05, 3.63) is 40.7 Å². The lowest BCUT2D eigenvalue weighted by Crippen LogP contribution is -2.16. The Morgan fingerprint density at radius 3 is 2.45 bits per heavy atom. The van der Waals surface area contributed by atoms with Gasteiger partial charge in [-0.25, -0.2) is 4.68 Å². The maximum atomic E-state index is 13.4. The van der Waals surface area contributed by atoms with Crippen molar-refractivity contribution in [3.8, 4) is 11.8 Å². The van der Waals surface area contributed by atoms with E-state index in [1.807, 2.05) is 0 Å². The molecule has 0 unspecified atom stereocenters. The van der Waals surface area contributed by atoms with Crippen LogP contribution in [0.3, 0.4) is 0 Å². The minimum Gasteiger partial charge on any atom is -0.323 e. The lowest BCUT2D eigenvalue weighted by atomic mass is 9.95. The van der Waals surface area contributed by atoms with Gasteiger partial charge in [0.05, 0.1) is 23.0 Å². The number of rotatable bonds is 3. The molecule has 1 N–H and O–H groups in total. The number of fused-ring (bicyclic) bond motifs is 1. The molecule has 2 aromatic rings. The van der Waals surface area contributed by atoms with Crippen molar-refractivity contribution < 1.29 is 31.1 Å². The first-order chi connectivity index (χ1) is 13.5. The Hall–Kier alpha value is -3.03. The molecule has 0 saturated carbocycles. The Labute approximate surface area is 160 Å². The van der Waals surface area contributed by atoms with Crippen LogP contribution in [0.2, 0.25) is 0 Å². The Kier molecular flexibility index (Phi) is 5.30. The maximum absolute atomic E-state index is 13.4. The monoisotopic (exact) mass is 416 g/mol. The summed E-state index contributed by atoms with van der Waals surface area (Å²) in [6.45, 7) is 0. The molecule has 29 heavy (non-hydrogen) atoms. The number of amides is 1. The molecule has 0 bridgehead atoms. The van der Waals surface area contributed by atoms with E-state index < -0.39 is 35.9 Å². The van der Waals surface area contributed by atoms with Crippen LogP contribution >= 0.6 is 0 Å². The van der Waals surface area contributed by atoms with Crippen LogP contribution in [-0.2, 0) is 30.0 Å². The first-order valence-corrected chi connectivity index (χ1v) is 8.58. The topological polar surface area (TPSA) is 70.7 Å². The molecule has 0 spiro atoms. The molecule has 1 aliphatic rings. The molecule has 1 heterocycles. The van der Waals surface area contributed by atoms with Gasteiger partial charge in [-0.1, -0.05) is 0 Å². The smallest absolute Gasteiger partial charge is 0.323 e. The van der Waals surface area contributed by atoms with E-state index in [1.165, 1.54) is 0 Å². The molecule has 1 amide bonds. The first kappa shape index (κ1) is 20.7. The molecule has 5 nitrogen and oxygen atoms in total. The largest absolute Gasteiger partial charge is 0.435 e. The number of nitriles is 1. The van der Waals surface area contributed by atoms with E-state index in [0.717, 1.165) is 10.7 Å². The quantitative estimate of drug-likeness (QED) is 0.741. The molecule has 0 atom stereocenters. The van der Waals surface area contributed by atoms with Gasteiger partial charge in [0.25, 0.3) is 0 Å². The maximum Gasteiger partial charge on any atom is 0.435 e. The van der Waals surface area contributed by atoms with Crippen molar-refractivity contribution >= 4 is 11.6 Å². The van der Waals surface area contributed by atoms with Gasteiger partial charge < -0.3 is 5.32 Å². The van der Waals surface area contributed by atoms with Crippen LogP contribution in [0.15, 0.2) is 18.2 Å². The van der Waals surface area contributed by atoms with Gasteiger partial charge in [-0.2, -0.15) is 36.7 Å². The number of anilines is 1. The number of nitrogens with zero attached hydrogens (tertiary/aromatic N) is 3. The summed E-state index contributed by atoms with van der Waals surface area (Å²) in [5.41, 5.74) is -2.41. The number of aromatic nitrogens is 2. The standard InChI is InChI=1S/C18H14F6N4O/c19-17(20,21)10-5-6-14(12(9-10)26-15(29)7-8-25)28-13-4-2-1-3-11(13)16(27-28)18(22,23)24/h5-6,9H,1-4,7H2,(H,26,29). The fraction of sp³-hybridized carbons (Fsp3) is 0.389. The summed E-state index contributed by atoms with van der Waals surface area (Å²) in [5.74, 6) is -0.884. The van der Waals surface area contributed by atoms with Crippen molar-refractivity contribution in [3.63, 3.8) is 0 Å². The highest BCUT2D eigenvalue weighted by Gasteiger charge is 2.40. The number of hydrogen-bond acceptors (Lipinski definition) is 3. The van der Waals surface area contributed by atoms with Crippen LogP contribution in [0.4, 0.5) is 32.0 Å². The molecule has 0 fully saturated rings. The van der Waals surface area contributed by atoms with Crippen LogP contribution in [0, 0.1) is 11.3 Å². The van der Waals surface area contributed by atoms with E-state index >= 15 is 0 Å². The molecule has 1 aromatic heterocycles. The second kappa shape index (κ2) is 7.42. The lowest BCUT2D eigenvalue weighted by Gasteiger charge is -2.18. The number of carbonyl (C=O) groups is 1. The van der Waals surface area contributed by atoms with Crippen molar-refractivity contribution in [2.75, 3.05) is 5.32 Å². The number of nitrogens with one attached hydrogen (secondary N) is 1. The Morgan fingerprint density at radius 1 is 1.14 bits per heavy atom. The predicted molar refractivity (Wildman–Crippen MR) is 89.1 cm³/mol. The summed E-state index contributed by atoms with van der Waals surface area (Å²) >= 11 is 0. The summed E-state index contributed by atoms with van der Waals surface area (Å²) in [6.07, 6.45) is -8.50. The van der Waals surface area contributed by atoms with E-state index in [0.29, 0.717) is 25.0 Å². The summed E-state index contributed by atoms with van der Waals surface area (Å²) in [6, 6.07) is 3.85. The molecule has 11 heteroatoms. The average molecular weight is 416 g/mol. The van der Waals surface area contributed by atoms with E-state index in [1.54, 1.807) is 6.07 Å². The number of benzene rings is 1. The van der Waals surface area contributed by atoms with Crippen molar-refractivity contribution in [2.45, 2.75) is 44.5 Å². The molecular formula is C18H14F6N4O. The molecular weight excluding hydrogens is 402 g/mol.